The zero-order chi connectivity index (χ0) is 22.6. The first-order chi connectivity index (χ1) is 15.2. The molecule has 1 heterocycles. The third kappa shape index (κ3) is 14.3. The van der Waals surface area contributed by atoms with Crippen LogP contribution in [0.15, 0.2) is 12.2 Å². The Morgan fingerprint density at radius 1 is 0.806 bits per heavy atom. The van der Waals surface area contributed by atoms with Gasteiger partial charge in [0.05, 0.1) is 13.2 Å². The van der Waals surface area contributed by atoms with E-state index in [0.717, 1.165) is 25.7 Å². The van der Waals surface area contributed by atoms with Crippen molar-refractivity contribution in [2.75, 3.05) is 19.8 Å². The van der Waals surface area contributed by atoms with Crippen LogP contribution < -0.4 is 0 Å². The lowest BCUT2D eigenvalue weighted by Crippen LogP contribution is -2.42. The molecule has 5 nitrogen and oxygen atoms in total. The first-order valence-electron chi connectivity index (χ1n) is 13.1. The number of aliphatic hydroxyl groups excluding tert-OH is 3. The van der Waals surface area contributed by atoms with E-state index in [-0.39, 0.29) is 13.2 Å². The van der Waals surface area contributed by atoms with Crippen molar-refractivity contribution in [3.63, 3.8) is 0 Å². The molecular weight excluding hydrogens is 392 g/mol. The van der Waals surface area contributed by atoms with Crippen LogP contribution in [0.1, 0.15) is 110 Å². The third-order valence-electron chi connectivity index (χ3n) is 6.22. The molecule has 1 fully saturated rings. The number of hydrogen-bond donors (Lipinski definition) is 3. The number of hydrogen-bond acceptors (Lipinski definition) is 5. The summed E-state index contributed by atoms with van der Waals surface area (Å²) in [6, 6.07) is 0. The Morgan fingerprint density at radius 3 is 1.81 bits per heavy atom. The van der Waals surface area contributed by atoms with Crippen LogP contribution in [0, 0.1) is 0 Å². The van der Waals surface area contributed by atoms with E-state index in [1.54, 1.807) is 0 Å². The monoisotopic (exact) mass is 442 g/mol. The fraction of sp³-hybridized carbons (Fsp3) is 0.923. The second-order valence-corrected chi connectivity index (χ2v) is 9.09. The van der Waals surface area contributed by atoms with Gasteiger partial charge in [0.25, 0.3) is 0 Å². The van der Waals surface area contributed by atoms with E-state index in [1.165, 1.54) is 77.0 Å². The molecule has 0 aliphatic carbocycles. The second kappa shape index (κ2) is 20.2. The summed E-state index contributed by atoms with van der Waals surface area (Å²) < 4.78 is 11.0. The van der Waals surface area contributed by atoms with E-state index in [2.05, 4.69) is 19.1 Å². The summed E-state index contributed by atoms with van der Waals surface area (Å²) >= 11 is 0. The lowest BCUT2D eigenvalue weighted by Gasteiger charge is -2.24. The molecule has 184 valence electrons. The molecule has 0 bridgehead atoms. The summed E-state index contributed by atoms with van der Waals surface area (Å²) in [5, 5.41) is 28.8. The Morgan fingerprint density at radius 2 is 1.32 bits per heavy atom. The molecule has 0 aromatic rings. The first-order valence-corrected chi connectivity index (χ1v) is 13.1. The van der Waals surface area contributed by atoms with E-state index in [4.69, 9.17) is 9.47 Å². The molecular formula is C26H50O5. The minimum absolute atomic E-state index is 0.0945. The van der Waals surface area contributed by atoms with Crippen molar-refractivity contribution >= 4 is 0 Å². The zero-order valence-electron chi connectivity index (χ0n) is 20.1. The van der Waals surface area contributed by atoms with Gasteiger partial charge in [-0.15, -0.1) is 0 Å². The predicted molar refractivity (Wildman–Crippen MR) is 127 cm³/mol. The van der Waals surface area contributed by atoms with Gasteiger partial charge in [-0.2, -0.15) is 0 Å². The molecule has 31 heavy (non-hydrogen) atoms. The highest BCUT2D eigenvalue weighted by molar-refractivity contribution is 4.88. The Bertz CT molecular complexity index is 415. The van der Waals surface area contributed by atoms with Crippen LogP contribution >= 0.6 is 0 Å². The van der Waals surface area contributed by atoms with Gasteiger partial charge >= 0.3 is 0 Å². The first kappa shape index (κ1) is 28.6. The van der Waals surface area contributed by atoms with Crippen molar-refractivity contribution in [1.82, 2.24) is 0 Å². The normalized spacial score (nSPS) is 22.5. The zero-order valence-corrected chi connectivity index (χ0v) is 20.1. The number of unbranched alkanes of at least 4 members (excludes halogenated alkanes) is 14. The number of rotatable bonds is 21. The van der Waals surface area contributed by atoms with Crippen LogP contribution in [-0.2, 0) is 9.47 Å². The molecule has 0 aromatic heterocycles. The van der Waals surface area contributed by atoms with Gasteiger partial charge in [0.2, 0.25) is 0 Å². The Labute approximate surface area is 191 Å². The van der Waals surface area contributed by atoms with Crippen LogP contribution in [0.2, 0.25) is 0 Å². The molecule has 0 saturated carbocycles. The SMILES string of the molecule is CCCCCCCCCCCCC/C=C/CCCCCO[C@H](CO)[C@@H]1OC[C@H](O)[C@@H]1O. The maximum Gasteiger partial charge on any atom is 0.114 e. The molecule has 0 spiro atoms. The van der Waals surface area contributed by atoms with Gasteiger partial charge in [-0.1, -0.05) is 89.7 Å². The highest BCUT2D eigenvalue weighted by Gasteiger charge is 2.40. The van der Waals surface area contributed by atoms with E-state index in [1.807, 2.05) is 0 Å². The van der Waals surface area contributed by atoms with Crippen LogP contribution in [0.3, 0.4) is 0 Å². The van der Waals surface area contributed by atoms with Crippen molar-refractivity contribution < 1.29 is 24.8 Å². The summed E-state index contributed by atoms with van der Waals surface area (Å²) in [5.74, 6) is 0. The highest BCUT2D eigenvalue weighted by atomic mass is 16.6. The fourth-order valence-electron chi connectivity index (χ4n) is 4.14. The third-order valence-corrected chi connectivity index (χ3v) is 6.22. The van der Waals surface area contributed by atoms with Gasteiger partial charge in [-0.05, 0) is 32.1 Å². The van der Waals surface area contributed by atoms with Crippen LogP contribution in [0.4, 0.5) is 0 Å². The highest BCUT2D eigenvalue weighted by Crippen LogP contribution is 2.20. The van der Waals surface area contributed by atoms with Crippen molar-refractivity contribution in [3.8, 4) is 0 Å². The topological polar surface area (TPSA) is 79.2 Å². The van der Waals surface area contributed by atoms with E-state index >= 15 is 0 Å². The maximum atomic E-state index is 9.84. The largest absolute Gasteiger partial charge is 0.394 e. The second-order valence-electron chi connectivity index (χ2n) is 9.09. The molecule has 0 radical (unpaired) electrons. The van der Waals surface area contributed by atoms with Gasteiger partial charge in [0.15, 0.2) is 0 Å². The van der Waals surface area contributed by atoms with Crippen molar-refractivity contribution in [1.29, 1.82) is 0 Å². The summed E-state index contributed by atoms with van der Waals surface area (Å²) in [7, 11) is 0. The Hall–Kier alpha value is -0.460. The number of aliphatic hydroxyl groups is 3. The Balaban J connectivity index is 1.83. The molecule has 4 atom stereocenters. The molecule has 0 amide bonds. The molecule has 1 rings (SSSR count). The molecule has 1 aliphatic heterocycles. The summed E-state index contributed by atoms with van der Waals surface area (Å²) in [6.07, 6.45) is 22.3. The average molecular weight is 443 g/mol. The van der Waals surface area contributed by atoms with Gasteiger partial charge in [-0.3, -0.25) is 0 Å². The van der Waals surface area contributed by atoms with Crippen LogP contribution in [0.25, 0.3) is 0 Å². The number of ether oxygens (including phenoxy) is 2. The van der Waals surface area contributed by atoms with Crippen molar-refractivity contribution in [2.45, 2.75) is 134 Å². The van der Waals surface area contributed by atoms with Crippen molar-refractivity contribution in [3.05, 3.63) is 12.2 Å². The lowest BCUT2D eigenvalue weighted by molar-refractivity contribution is -0.101. The van der Waals surface area contributed by atoms with E-state index in [9.17, 15) is 15.3 Å². The van der Waals surface area contributed by atoms with Crippen molar-refractivity contribution in [2.24, 2.45) is 0 Å². The van der Waals surface area contributed by atoms with Crippen LogP contribution in [0.5, 0.6) is 0 Å². The molecule has 0 aromatic carbocycles. The lowest BCUT2D eigenvalue weighted by atomic mass is 10.1. The van der Waals surface area contributed by atoms with Crippen LogP contribution in [-0.4, -0.2) is 59.6 Å². The molecule has 1 aliphatic rings. The van der Waals surface area contributed by atoms with Gasteiger partial charge < -0.3 is 24.8 Å². The summed E-state index contributed by atoms with van der Waals surface area (Å²) in [4.78, 5) is 0. The summed E-state index contributed by atoms with van der Waals surface area (Å²) in [6.45, 7) is 2.70. The van der Waals surface area contributed by atoms with Gasteiger partial charge in [0.1, 0.15) is 24.4 Å². The summed E-state index contributed by atoms with van der Waals surface area (Å²) in [5.41, 5.74) is 0. The smallest absolute Gasteiger partial charge is 0.114 e. The standard InChI is InChI=1S/C26H50O5/c1-2-3-4-5-6-7-8-9-10-11-12-13-14-15-16-17-18-19-20-30-24(21-27)26-25(29)23(28)22-31-26/h14-15,23-29H,2-13,16-22H2,1H3/b15-14+/t23-,24+,25-,26-/m0/s1. The van der Waals surface area contributed by atoms with E-state index in [0.29, 0.717) is 6.61 Å². The molecule has 5 heteroatoms. The minimum atomic E-state index is -0.984. The molecule has 1 saturated heterocycles. The minimum Gasteiger partial charge on any atom is -0.394 e. The Kier molecular flexibility index (Phi) is 18.6. The average Bonchev–Trinajstić information content (AvgIpc) is 3.11. The molecule has 0 unspecified atom stereocenters. The quantitative estimate of drug-likeness (QED) is 0.166. The van der Waals surface area contributed by atoms with Gasteiger partial charge in [0, 0.05) is 6.61 Å². The molecule has 3 N–H and O–H groups in total. The van der Waals surface area contributed by atoms with E-state index < -0.39 is 24.4 Å². The predicted octanol–water partition coefficient (Wildman–Crippen LogP) is 5.30. The number of allylic oxidation sites excluding steroid dienone is 2. The maximum absolute atomic E-state index is 9.84. The van der Waals surface area contributed by atoms with Gasteiger partial charge in [-0.25, -0.2) is 0 Å². The fourth-order valence-corrected chi connectivity index (χ4v) is 4.14.